The number of aryl methyl sites for hydroxylation is 1. The first-order valence-electron chi connectivity index (χ1n) is 4.64. The zero-order valence-electron chi connectivity index (χ0n) is 8.66. The average Bonchev–Trinajstić information content (AvgIpc) is 2.61. The third-order valence-corrected chi connectivity index (χ3v) is 2.41. The fourth-order valence-electron chi connectivity index (χ4n) is 1.36. The van der Waals surface area contributed by atoms with E-state index in [1.54, 1.807) is 6.07 Å². The first-order chi connectivity index (χ1) is 7.89. The Morgan fingerprint density at radius 3 is 2.59 bits per heavy atom. The highest BCUT2D eigenvalue weighted by Gasteiger charge is 2.34. The number of alkyl halides is 3. The van der Waals surface area contributed by atoms with Crippen LogP contribution in [0.25, 0.3) is 5.82 Å². The molecule has 0 fully saturated rings. The quantitative estimate of drug-likeness (QED) is 0.789. The molecule has 0 atom stereocenters. The molecule has 0 aromatic carbocycles. The number of hydrogen-bond acceptors (Lipinski definition) is 2. The van der Waals surface area contributed by atoms with E-state index in [-0.39, 0.29) is 10.8 Å². The van der Waals surface area contributed by atoms with Crippen molar-refractivity contribution in [1.29, 1.82) is 0 Å². The smallest absolute Gasteiger partial charge is 0.236 e. The molecule has 0 saturated carbocycles. The number of nitrogens with zero attached hydrogens (tertiary/aromatic N) is 3. The van der Waals surface area contributed by atoms with E-state index >= 15 is 0 Å². The number of hydrogen-bond donors (Lipinski definition) is 0. The van der Waals surface area contributed by atoms with Crippen LogP contribution in [-0.4, -0.2) is 14.8 Å². The van der Waals surface area contributed by atoms with Gasteiger partial charge < -0.3 is 0 Å². The molecular weight excluding hydrogens is 255 g/mol. The predicted molar refractivity (Wildman–Crippen MR) is 56.1 cm³/mol. The molecule has 0 aliphatic rings. The second kappa shape index (κ2) is 4.03. The zero-order chi connectivity index (χ0) is 12.6. The van der Waals surface area contributed by atoms with Gasteiger partial charge in [-0.15, -0.1) is 0 Å². The summed E-state index contributed by atoms with van der Waals surface area (Å²) in [6.45, 7) is 1.51. The van der Waals surface area contributed by atoms with E-state index in [0.717, 1.165) is 10.7 Å². The van der Waals surface area contributed by atoms with E-state index in [4.69, 9.17) is 11.6 Å². The SMILES string of the molecule is Cc1cc(C(F)(F)F)nn1-c1ncccc1Cl. The molecule has 2 rings (SSSR count). The topological polar surface area (TPSA) is 30.7 Å². The molecule has 0 aliphatic carbocycles. The second-order valence-corrected chi connectivity index (χ2v) is 3.80. The molecule has 90 valence electrons. The van der Waals surface area contributed by atoms with Crippen molar-refractivity contribution in [2.45, 2.75) is 13.1 Å². The van der Waals surface area contributed by atoms with Gasteiger partial charge in [-0.05, 0) is 25.1 Å². The lowest BCUT2D eigenvalue weighted by molar-refractivity contribution is -0.141. The van der Waals surface area contributed by atoms with E-state index in [1.807, 2.05) is 0 Å². The molecule has 0 spiro atoms. The maximum absolute atomic E-state index is 12.5. The van der Waals surface area contributed by atoms with Gasteiger partial charge in [-0.2, -0.15) is 18.3 Å². The number of rotatable bonds is 1. The van der Waals surface area contributed by atoms with Crippen LogP contribution in [0.1, 0.15) is 11.4 Å². The molecule has 2 aromatic rings. The summed E-state index contributed by atoms with van der Waals surface area (Å²) in [6, 6.07) is 4.08. The van der Waals surface area contributed by atoms with E-state index in [1.165, 1.54) is 19.2 Å². The van der Waals surface area contributed by atoms with Gasteiger partial charge in [0.05, 0.1) is 5.02 Å². The Morgan fingerprint density at radius 2 is 2.06 bits per heavy atom. The molecule has 0 radical (unpaired) electrons. The lowest BCUT2D eigenvalue weighted by atomic mass is 10.3. The predicted octanol–water partition coefficient (Wildman–Crippen LogP) is 3.25. The molecule has 0 aliphatic heterocycles. The van der Waals surface area contributed by atoms with Crippen molar-refractivity contribution >= 4 is 11.6 Å². The van der Waals surface area contributed by atoms with Crippen LogP contribution in [0.2, 0.25) is 5.02 Å². The van der Waals surface area contributed by atoms with Crippen LogP contribution in [-0.2, 0) is 6.18 Å². The van der Waals surface area contributed by atoms with Crippen LogP contribution < -0.4 is 0 Å². The van der Waals surface area contributed by atoms with Crippen molar-refractivity contribution in [2.75, 3.05) is 0 Å². The summed E-state index contributed by atoms with van der Waals surface area (Å²) in [7, 11) is 0. The number of halogens is 4. The van der Waals surface area contributed by atoms with Crippen molar-refractivity contribution in [2.24, 2.45) is 0 Å². The van der Waals surface area contributed by atoms with Gasteiger partial charge in [0, 0.05) is 11.9 Å². The maximum atomic E-state index is 12.5. The van der Waals surface area contributed by atoms with Gasteiger partial charge in [0.15, 0.2) is 11.5 Å². The summed E-state index contributed by atoms with van der Waals surface area (Å²) in [5.41, 5.74) is -0.644. The van der Waals surface area contributed by atoms with Gasteiger partial charge in [-0.25, -0.2) is 9.67 Å². The van der Waals surface area contributed by atoms with Gasteiger partial charge >= 0.3 is 6.18 Å². The molecular formula is C10H7ClF3N3. The third kappa shape index (κ3) is 2.26. The van der Waals surface area contributed by atoms with E-state index < -0.39 is 11.9 Å². The van der Waals surface area contributed by atoms with Gasteiger partial charge in [-0.1, -0.05) is 11.6 Å². The Hall–Kier alpha value is -1.56. The standard InChI is InChI=1S/C10H7ClF3N3/c1-6-5-8(10(12,13)14)16-17(6)9-7(11)3-2-4-15-9/h2-5H,1H3. The van der Waals surface area contributed by atoms with Crippen molar-refractivity contribution in [3.63, 3.8) is 0 Å². The van der Waals surface area contributed by atoms with E-state index in [9.17, 15) is 13.2 Å². The zero-order valence-corrected chi connectivity index (χ0v) is 9.42. The van der Waals surface area contributed by atoms with Crippen molar-refractivity contribution < 1.29 is 13.2 Å². The van der Waals surface area contributed by atoms with Crippen LogP contribution in [0.15, 0.2) is 24.4 Å². The summed E-state index contributed by atoms with van der Waals surface area (Å²) >= 11 is 5.85. The fourth-order valence-corrected chi connectivity index (χ4v) is 1.56. The van der Waals surface area contributed by atoms with E-state index in [0.29, 0.717) is 5.69 Å². The Bertz CT molecular complexity index is 548. The normalized spacial score (nSPS) is 11.8. The van der Waals surface area contributed by atoms with E-state index in [2.05, 4.69) is 10.1 Å². The lowest BCUT2D eigenvalue weighted by Gasteiger charge is -2.04. The summed E-state index contributed by atoms with van der Waals surface area (Å²) < 4.78 is 38.5. The molecule has 0 N–H and O–H groups in total. The van der Waals surface area contributed by atoms with Crippen molar-refractivity contribution in [3.8, 4) is 5.82 Å². The van der Waals surface area contributed by atoms with Crippen molar-refractivity contribution in [1.82, 2.24) is 14.8 Å². The Kier molecular flexibility index (Phi) is 2.82. The van der Waals surface area contributed by atoms with Crippen LogP contribution >= 0.6 is 11.6 Å². The molecule has 0 bridgehead atoms. The van der Waals surface area contributed by atoms with Gasteiger partial charge in [0.2, 0.25) is 0 Å². The monoisotopic (exact) mass is 261 g/mol. The van der Waals surface area contributed by atoms with Crippen LogP contribution in [0.5, 0.6) is 0 Å². The summed E-state index contributed by atoms with van der Waals surface area (Å²) in [4.78, 5) is 3.91. The number of aromatic nitrogens is 3. The Labute approximate surface area is 99.8 Å². The molecule has 2 heterocycles. The van der Waals surface area contributed by atoms with Crippen molar-refractivity contribution in [3.05, 3.63) is 40.8 Å². The number of pyridine rings is 1. The summed E-state index contributed by atoms with van der Waals surface area (Å²) in [5.74, 6) is 0.183. The molecule has 0 saturated heterocycles. The largest absolute Gasteiger partial charge is 0.435 e. The van der Waals surface area contributed by atoms with Gasteiger partial charge in [-0.3, -0.25) is 0 Å². The summed E-state index contributed by atoms with van der Waals surface area (Å²) in [6.07, 6.45) is -3.03. The minimum absolute atomic E-state index is 0.183. The molecule has 7 heteroatoms. The molecule has 3 nitrogen and oxygen atoms in total. The highest BCUT2D eigenvalue weighted by molar-refractivity contribution is 6.32. The van der Waals surface area contributed by atoms with Crippen LogP contribution in [0, 0.1) is 6.92 Å². The first-order valence-corrected chi connectivity index (χ1v) is 5.02. The van der Waals surface area contributed by atoms with Crippen LogP contribution in [0.3, 0.4) is 0 Å². The van der Waals surface area contributed by atoms with Crippen LogP contribution in [0.4, 0.5) is 13.2 Å². The molecule has 0 unspecified atom stereocenters. The Morgan fingerprint density at radius 1 is 1.35 bits per heavy atom. The fraction of sp³-hybridized carbons (Fsp3) is 0.200. The van der Waals surface area contributed by atoms with Gasteiger partial charge in [0.1, 0.15) is 0 Å². The molecule has 2 aromatic heterocycles. The molecule has 17 heavy (non-hydrogen) atoms. The maximum Gasteiger partial charge on any atom is 0.435 e. The minimum atomic E-state index is -4.47. The van der Waals surface area contributed by atoms with Gasteiger partial charge in [0.25, 0.3) is 0 Å². The highest BCUT2D eigenvalue weighted by atomic mass is 35.5. The lowest BCUT2D eigenvalue weighted by Crippen LogP contribution is -2.08. The third-order valence-electron chi connectivity index (χ3n) is 2.12. The molecule has 0 amide bonds. The average molecular weight is 262 g/mol. The summed E-state index contributed by atoms with van der Waals surface area (Å²) in [5, 5.41) is 3.70. The first kappa shape index (κ1) is 11.9. The second-order valence-electron chi connectivity index (χ2n) is 3.39. The Balaban J connectivity index is 2.55. The highest BCUT2D eigenvalue weighted by Crippen LogP contribution is 2.29. The minimum Gasteiger partial charge on any atom is -0.236 e.